The predicted octanol–water partition coefficient (Wildman–Crippen LogP) is 2.57. The minimum absolute atomic E-state index is 0.238. The second-order valence-electron chi connectivity index (χ2n) is 4.50. The number of fused-ring (bicyclic) bond motifs is 1. The third kappa shape index (κ3) is 2.15. The van der Waals surface area contributed by atoms with Crippen LogP contribution in [0.25, 0.3) is 0 Å². The summed E-state index contributed by atoms with van der Waals surface area (Å²) in [5.74, 6) is 1.79. The zero-order valence-corrected chi connectivity index (χ0v) is 9.31. The van der Waals surface area contributed by atoms with Gasteiger partial charge in [-0.1, -0.05) is 25.1 Å². The zero-order chi connectivity index (χ0) is 10.8. The molecular weight excluding hydrogens is 188 g/mol. The monoisotopic (exact) mass is 206 g/mol. The van der Waals surface area contributed by atoms with Crippen molar-refractivity contribution in [1.82, 2.24) is 0 Å². The zero-order valence-electron chi connectivity index (χ0n) is 9.31. The van der Waals surface area contributed by atoms with E-state index in [1.54, 1.807) is 0 Å². The van der Waals surface area contributed by atoms with Crippen LogP contribution < -0.4 is 4.74 Å². The first-order valence-corrected chi connectivity index (χ1v) is 5.58. The van der Waals surface area contributed by atoms with Crippen LogP contribution in [0.3, 0.4) is 0 Å². The van der Waals surface area contributed by atoms with Crippen molar-refractivity contribution in [2.45, 2.75) is 32.3 Å². The molecule has 2 rings (SSSR count). The largest absolute Gasteiger partial charge is 0.493 e. The molecule has 1 aromatic rings. The smallest absolute Gasteiger partial charge is 0.122 e. The number of hydrogen-bond donors (Lipinski definition) is 1. The van der Waals surface area contributed by atoms with Gasteiger partial charge in [-0.15, -0.1) is 0 Å². The van der Waals surface area contributed by atoms with Crippen molar-refractivity contribution in [2.24, 2.45) is 5.92 Å². The molecule has 0 aliphatic carbocycles. The summed E-state index contributed by atoms with van der Waals surface area (Å²) in [4.78, 5) is 0. The highest BCUT2D eigenvalue weighted by Crippen LogP contribution is 2.37. The van der Waals surface area contributed by atoms with E-state index in [1.807, 2.05) is 25.1 Å². The van der Waals surface area contributed by atoms with Crippen LogP contribution in [-0.4, -0.2) is 17.8 Å². The van der Waals surface area contributed by atoms with E-state index in [0.717, 1.165) is 18.8 Å². The quantitative estimate of drug-likeness (QED) is 0.823. The normalized spacial score (nSPS) is 23.0. The van der Waals surface area contributed by atoms with Crippen LogP contribution in [0.2, 0.25) is 0 Å². The van der Waals surface area contributed by atoms with Gasteiger partial charge in [0.15, 0.2) is 0 Å². The minimum Gasteiger partial charge on any atom is -0.493 e. The van der Waals surface area contributed by atoms with Crippen molar-refractivity contribution in [3.8, 4) is 5.75 Å². The fraction of sp³-hybridized carbons (Fsp3) is 0.538. The molecule has 0 spiro atoms. The second kappa shape index (κ2) is 4.23. The maximum absolute atomic E-state index is 9.49. The predicted molar refractivity (Wildman–Crippen MR) is 60.1 cm³/mol. The Kier molecular flexibility index (Phi) is 2.96. The Bertz CT molecular complexity index is 333. The molecule has 1 aromatic carbocycles. The van der Waals surface area contributed by atoms with E-state index in [9.17, 15) is 5.11 Å². The van der Waals surface area contributed by atoms with Crippen molar-refractivity contribution >= 4 is 0 Å². The van der Waals surface area contributed by atoms with Crippen LogP contribution in [0.15, 0.2) is 24.3 Å². The van der Waals surface area contributed by atoms with Crippen LogP contribution in [0, 0.1) is 5.92 Å². The second-order valence-corrected chi connectivity index (χ2v) is 4.50. The number of aliphatic hydroxyl groups excluding tert-OH is 1. The molecule has 1 heterocycles. The van der Waals surface area contributed by atoms with Crippen LogP contribution in [0.1, 0.15) is 31.7 Å². The minimum atomic E-state index is -0.238. The lowest BCUT2D eigenvalue weighted by atomic mass is 9.89. The highest BCUT2D eigenvalue weighted by molar-refractivity contribution is 5.39. The fourth-order valence-electron chi connectivity index (χ4n) is 2.07. The molecule has 0 saturated carbocycles. The summed E-state index contributed by atoms with van der Waals surface area (Å²) >= 11 is 0. The van der Waals surface area contributed by atoms with Crippen LogP contribution in [0.4, 0.5) is 0 Å². The van der Waals surface area contributed by atoms with Crippen molar-refractivity contribution in [2.75, 3.05) is 6.61 Å². The molecule has 15 heavy (non-hydrogen) atoms. The molecule has 1 aliphatic heterocycles. The van der Waals surface area contributed by atoms with Gasteiger partial charge in [-0.3, -0.25) is 0 Å². The van der Waals surface area contributed by atoms with Crippen molar-refractivity contribution in [3.63, 3.8) is 0 Å². The molecule has 3 atom stereocenters. The highest BCUT2D eigenvalue weighted by atomic mass is 16.5. The maximum atomic E-state index is 9.49. The third-order valence-electron chi connectivity index (χ3n) is 3.28. The molecule has 1 N–H and O–H groups in total. The SMILES string of the molecule is CC(O)C(C)CC1COc2ccccc21. The lowest BCUT2D eigenvalue weighted by Crippen LogP contribution is -2.17. The van der Waals surface area contributed by atoms with Crippen molar-refractivity contribution in [3.05, 3.63) is 29.8 Å². The van der Waals surface area contributed by atoms with Crippen molar-refractivity contribution in [1.29, 1.82) is 0 Å². The van der Waals surface area contributed by atoms with E-state index < -0.39 is 0 Å². The Hall–Kier alpha value is -1.02. The molecule has 2 heteroatoms. The van der Waals surface area contributed by atoms with Crippen LogP contribution in [-0.2, 0) is 0 Å². The van der Waals surface area contributed by atoms with E-state index in [4.69, 9.17) is 4.74 Å². The first kappa shape index (κ1) is 10.5. The Morgan fingerprint density at radius 2 is 2.13 bits per heavy atom. The van der Waals surface area contributed by atoms with E-state index in [0.29, 0.717) is 11.8 Å². The average molecular weight is 206 g/mol. The van der Waals surface area contributed by atoms with Gasteiger partial charge in [0.05, 0.1) is 12.7 Å². The number of ether oxygens (including phenoxy) is 1. The van der Waals surface area contributed by atoms with Gasteiger partial charge in [0.2, 0.25) is 0 Å². The van der Waals surface area contributed by atoms with Gasteiger partial charge < -0.3 is 9.84 Å². The first-order chi connectivity index (χ1) is 7.18. The number of hydrogen-bond acceptors (Lipinski definition) is 2. The summed E-state index contributed by atoms with van der Waals surface area (Å²) in [6, 6.07) is 8.19. The summed E-state index contributed by atoms with van der Waals surface area (Å²) in [5, 5.41) is 9.49. The molecular formula is C13H18O2. The summed E-state index contributed by atoms with van der Waals surface area (Å²) in [5.41, 5.74) is 1.30. The molecule has 0 aromatic heterocycles. The van der Waals surface area contributed by atoms with Gasteiger partial charge in [-0.2, -0.15) is 0 Å². The van der Waals surface area contributed by atoms with Gasteiger partial charge >= 0.3 is 0 Å². The number of rotatable bonds is 3. The molecule has 0 radical (unpaired) electrons. The molecule has 0 saturated heterocycles. The number of para-hydroxylation sites is 1. The molecule has 1 aliphatic rings. The van der Waals surface area contributed by atoms with Gasteiger partial charge in [-0.25, -0.2) is 0 Å². The third-order valence-corrected chi connectivity index (χ3v) is 3.28. The van der Waals surface area contributed by atoms with E-state index >= 15 is 0 Å². The molecule has 3 unspecified atom stereocenters. The summed E-state index contributed by atoms with van der Waals surface area (Å²) in [6.45, 7) is 4.70. The van der Waals surface area contributed by atoms with Crippen LogP contribution in [0.5, 0.6) is 5.75 Å². The molecule has 0 amide bonds. The summed E-state index contributed by atoms with van der Waals surface area (Å²) < 4.78 is 5.61. The first-order valence-electron chi connectivity index (χ1n) is 5.58. The van der Waals surface area contributed by atoms with Crippen molar-refractivity contribution < 1.29 is 9.84 Å². The average Bonchev–Trinajstić information content (AvgIpc) is 2.62. The molecule has 0 bridgehead atoms. The van der Waals surface area contributed by atoms with Crippen LogP contribution >= 0.6 is 0 Å². The van der Waals surface area contributed by atoms with E-state index in [1.165, 1.54) is 5.56 Å². The Morgan fingerprint density at radius 3 is 2.87 bits per heavy atom. The standard InChI is InChI=1S/C13H18O2/c1-9(10(2)14)7-11-8-15-13-6-4-3-5-12(11)13/h3-6,9-11,14H,7-8H2,1-2H3. The van der Waals surface area contributed by atoms with Gasteiger partial charge in [0.25, 0.3) is 0 Å². The lowest BCUT2D eigenvalue weighted by Gasteiger charge is -2.18. The van der Waals surface area contributed by atoms with Gasteiger partial charge in [-0.05, 0) is 25.3 Å². The topological polar surface area (TPSA) is 29.5 Å². The highest BCUT2D eigenvalue weighted by Gasteiger charge is 2.26. The van der Waals surface area contributed by atoms with E-state index in [2.05, 4.69) is 13.0 Å². The fourth-order valence-corrected chi connectivity index (χ4v) is 2.07. The number of benzene rings is 1. The van der Waals surface area contributed by atoms with Gasteiger partial charge in [0.1, 0.15) is 5.75 Å². The molecule has 82 valence electrons. The molecule has 0 fully saturated rings. The number of aliphatic hydroxyl groups is 1. The Morgan fingerprint density at radius 1 is 1.40 bits per heavy atom. The Labute approximate surface area is 90.9 Å². The lowest BCUT2D eigenvalue weighted by molar-refractivity contribution is 0.123. The summed E-state index contributed by atoms with van der Waals surface area (Å²) in [6.07, 6.45) is 0.757. The Balaban J connectivity index is 2.08. The summed E-state index contributed by atoms with van der Waals surface area (Å²) in [7, 11) is 0. The molecule has 2 nitrogen and oxygen atoms in total. The van der Waals surface area contributed by atoms with Gasteiger partial charge in [0, 0.05) is 11.5 Å². The maximum Gasteiger partial charge on any atom is 0.122 e. The van der Waals surface area contributed by atoms with E-state index in [-0.39, 0.29) is 6.10 Å².